The number of nitrogens with zero attached hydrogens (tertiary/aromatic N) is 1. The van der Waals surface area contributed by atoms with Crippen molar-refractivity contribution in [2.75, 3.05) is 14.2 Å². The minimum absolute atomic E-state index is 0.0135. The van der Waals surface area contributed by atoms with Crippen LogP contribution in [0.5, 0.6) is 5.75 Å². The van der Waals surface area contributed by atoms with E-state index in [4.69, 9.17) is 4.74 Å². The Morgan fingerprint density at radius 3 is 2.45 bits per heavy atom. The molecule has 0 N–H and O–H groups in total. The summed E-state index contributed by atoms with van der Waals surface area (Å²) < 4.78 is 5.21. The Kier molecular flexibility index (Phi) is 4.41. The van der Waals surface area contributed by atoms with E-state index < -0.39 is 0 Å². The number of carbonyl (C=O) groups is 1. The number of hydrogen-bond acceptors (Lipinski definition) is 2. The van der Waals surface area contributed by atoms with Gasteiger partial charge in [0.25, 0.3) is 5.91 Å². The maximum atomic E-state index is 12.4. The number of carbonyl (C=O) groups excluding carboxylic acids is 1. The van der Waals surface area contributed by atoms with Crippen LogP contribution in [-0.2, 0) is 6.54 Å². The van der Waals surface area contributed by atoms with Crippen molar-refractivity contribution in [1.29, 1.82) is 0 Å². The van der Waals surface area contributed by atoms with Crippen LogP contribution in [-0.4, -0.2) is 25.0 Å². The van der Waals surface area contributed by atoms with Crippen LogP contribution in [0.3, 0.4) is 0 Å². The highest BCUT2D eigenvalue weighted by Gasteiger charge is 2.13. The smallest absolute Gasteiger partial charge is 0.253 e. The van der Waals surface area contributed by atoms with Crippen molar-refractivity contribution in [2.45, 2.75) is 13.5 Å². The van der Waals surface area contributed by atoms with Gasteiger partial charge in [0.1, 0.15) is 5.75 Å². The summed E-state index contributed by atoms with van der Waals surface area (Å²) in [5.41, 5.74) is 2.77. The lowest BCUT2D eigenvalue weighted by atomic mass is 10.1. The maximum absolute atomic E-state index is 12.4. The van der Waals surface area contributed by atoms with Gasteiger partial charge in [-0.25, -0.2) is 0 Å². The molecule has 20 heavy (non-hydrogen) atoms. The zero-order valence-electron chi connectivity index (χ0n) is 12.1. The standard InChI is InChI=1S/C17H19NO2/c1-13-11-15(9-10-16(13)20-3)17(19)18(2)12-14-7-5-4-6-8-14/h4-11H,12H2,1-3H3. The third-order valence-corrected chi connectivity index (χ3v) is 3.25. The molecule has 2 rings (SSSR count). The maximum Gasteiger partial charge on any atom is 0.253 e. The van der Waals surface area contributed by atoms with Crippen molar-refractivity contribution in [3.8, 4) is 5.75 Å². The number of methoxy groups -OCH3 is 1. The molecule has 104 valence electrons. The third-order valence-electron chi connectivity index (χ3n) is 3.25. The normalized spacial score (nSPS) is 10.2. The Bertz CT molecular complexity index is 593. The lowest BCUT2D eigenvalue weighted by Gasteiger charge is -2.18. The van der Waals surface area contributed by atoms with Gasteiger partial charge in [0.15, 0.2) is 0 Å². The molecule has 0 spiro atoms. The summed E-state index contributed by atoms with van der Waals surface area (Å²) >= 11 is 0. The van der Waals surface area contributed by atoms with E-state index in [1.165, 1.54) is 0 Å². The van der Waals surface area contributed by atoms with Crippen molar-refractivity contribution in [3.63, 3.8) is 0 Å². The SMILES string of the molecule is COc1ccc(C(=O)N(C)Cc2ccccc2)cc1C. The van der Waals surface area contributed by atoms with Crippen LogP contribution in [0.2, 0.25) is 0 Å². The first-order valence-electron chi connectivity index (χ1n) is 6.56. The largest absolute Gasteiger partial charge is 0.496 e. The van der Waals surface area contributed by atoms with Crippen LogP contribution in [0.15, 0.2) is 48.5 Å². The molecule has 0 aromatic heterocycles. The third kappa shape index (κ3) is 3.18. The minimum atomic E-state index is 0.0135. The Hall–Kier alpha value is -2.29. The quantitative estimate of drug-likeness (QED) is 0.852. The number of aryl methyl sites for hydroxylation is 1. The first kappa shape index (κ1) is 14.1. The molecule has 3 nitrogen and oxygen atoms in total. The second-order valence-corrected chi connectivity index (χ2v) is 4.83. The second kappa shape index (κ2) is 6.24. The van der Waals surface area contributed by atoms with Gasteiger partial charge < -0.3 is 9.64 Å². The Morgan fingerprint density at radius 1 is 1.15 bits per heavy atom. The number of benzene rings is 2. The predicted molar refractivity (Wildman–Crippen MR) is 80.0 cm³/mol. The topological polar surface area (TPSA) is 29.5 Å². The van der Waals surface area contributed by atoms with Crippen molar-refractivity contribution < 1.29 is 9.53 Å². The van der Waals surface area contributed by atoms with E-state index in [2.05, 4.69) is 0 Å². The molecule has 3 heteroatoms. The molecule has 0 bridgehead atoms. The van der Waals surface area contributed by atoms with Crippen LogP contribution < -0.4 is 4.74 Å². The van der Waals surface area contributed by atoms with Gasteiger partial charge in [0.05, 0.1) is 7.11 Å². The van der Waals surface area contributed by atoms with Gasteiger partial charge in [-0.2, -0.15) is 0 Å². The Labute approximate surface area is 119 Å². The van der Waals surface area contributed by atoms with Crippen molar-refractivity contribution in [2.24, 2.45) is 0 Å². The van der Waals surface area contributed by atoms with E-state index in [1.807, 2.05) is 56.4 Å². The van der Waals surface area contributed by atoms with E-state index in [-0.39, 0.29) is 5.91 Å². The molecule has 0 atom stereocenters. The van der Waals surface area contributed by atoms with Gasteiger partial charge in [-0.3, -0.25) is 4.79 Å². The van der Waals surface area contributed by atoms with Crippen LogP contribution in [0, 0.1) is 6.92 Å². The van der Waals surface area contributed by atoms with E-state index in [9.17, 15) is 4.79 Å². The van der Waals surface area contributed by atoms with Crippen molar-refractivity contribution in [1.82, 2.24) is 4.90 Å². The molecule has 1 amide bonds. The van der Waals surface area contributed by atoms with E-state index in [0.717, 1.165) is 16.9 Å². The number of rotatable bonds is 4. The molecule has 0 unspecified atom stereocenters. The van der Waals surface area contributed by atoms with Crippen molar-refractivity contribution in [3.05, 3.63) is 65.2 Å². The van der Waals surface area contributed by atoms with Crippen LogP contribution in [0.25, 0.3) is 0 Å². The first-order valence-corrected chi connectivity index (χ1v) is 6.56. The molecule has 0 saturated carbocycles. The summed E-state index contributed by atoms with van der Waals surface area (Å²) in [4.78, 5) is 14.1. The first-order chi connectivity index (χ1) is 9.61. The van der Waals surface area contributed by atoms with Gasteiger partial charge in [-0.05, 0) is 36.2 Å². The van der Waals surface area contributed by atoms with Gasteiger partial charge in [-0.1, -0.05) is 30.3 Å². The molecule has 0 fully saturated rings. The molecule has 0 radical (unpaired) electrons. The van der Waals surface area contributed by atoms with Crippen LogP contribution in [0.4, 0.5) is 0 Å². The zero-order chi connectivity index (χ0) is 14.5. The van der Waals surface area contributed by atoms with E-state index in [1.54, 1.807) is 18.1 Å². The molecule has 0 heterocycles. The Balaban J connectivity index is 2.12. The van der Waals surface area contributed by atoms with Crippen LogP contribution >= 0.6 is 0 Å². The highest BCUT2D eigenvalue weighted by molar-refractivity contribution is 5.94. The zero-order valence-corrected chi connectivity index (χ0v) is 12.1. The fourth-order valence-corrected chi connectivity index (χ4v) is 2.16. The van der Waals surface area contributed by atoms with Gasteiger partial charge >= 0.3 is 0 Å². The monoisotopic (exact) mass is 269 g/mol. The van der Waals surface area contributed by atoms with E-state index >= 15 is 0 Å². The predicted octanol–water partition coefficient (Wildman–Crippen LogP) is 3.28. The van der Waals surface area contributed by atoms with Crippen molar-refractivity contribution >= 4 is 5.91 Å². The summed E-state index contributed by atoms with van der Waals surface area (Å²) in [5.74, 6) is 0.812. The number of hydrogen-bond donors (Lipinski definition) is 0. The fraction of sp³-hybridized carbons (Fsp3) is 0.235. The molecule has 0 aliphatic rings. The number of ether oxygens (including phenoxy) is 1. The lowest BCUT2D eigenvalue weighted by molar-refractivity contribution is 0.0785. The summed E-state index contributed by atoms with van der Waals surface area (Å²) in [6, 6.07) is 15.5. The fourth-order valence-electron chi connectivity index (χ4n) is 2.16. The van der Waals surface area contributed by atoms with E-state index in [0.29, 0.717) is 12.1 Å². The molecule has 0 aliphatic heterocycles. The highest BCUT2D eigenvalue weighted by atomic mass is 16.5. The molecule has 2 aromatic rings. The average Bonchev–Trinajstić information content (AvgIpc) is 2.47. The Morgan fingerprint density at radius 2 is 1.85 bits per heavy atom. The molecular formula is C17H19NO2. The average molecular weight is 269 g/mol. The molecule has 0 aliphatic carbocycles. The summed E-state index contributed by atoms with van der Waals surface area (Å²) in [5, 5.41) is 0. The molecular weight excluding hydrogens is 250 g/mol. The molecule has 0 saturated heterocycles. The van der Waals surface area contributed by atoms with Gasteiger partial charge in [0.2, 0.25) is 0 Å². The van der Waals surface area contributed by atoms with Gasteiger partial charge in [-0.15, -0.1) is 0 Å². The van der Waals surface area contributed by atoms with Crippen LogP contribution in [0.1, 0.15) is 21.5 Å². The second-order valence-electron chi connectivity index (χ2n) is 4.83. The summed E-state index contributed by atoms with van der Waals surface area (Å²) in [6.45, 7) is 2.54. The number of amides is 1. The minimum Gasteiger partial charge on any atom is -0.496 e. The highest BCUT2D eigenvalue weighted by Crippen LogP contribution is 2.19. The lowest BCUT2D eigenvalue weighted by Crippen LogP contribution is -2.26. The molecule has 2 aromatic carbocycles. The van der Waals surface area contributed by atoms with Gasteiger partial charge in [0, 0.05) is 19.2 Å². The summed E-state index contributed by atoms with van der Waals surface area (Å²) in [7, 11) is 3.44. The summed E-state index contributed by atoms with van der Waals surface area (Å²) in [6.07, 6.45) is 0.